The summed E-state index contributed by atoms with van der Waals surface area (Å²) >= 11 is 1.72. The Bertz CT molecular complexity index is 694. The Balaban J connectivity index is 1.60. The predicted molar refractivity (Wildman–Crippen MR) is 102 cm³/mol. The normalized spacial score (nSPS) is 24.4. The van der Waals surface area contributed by atoms with Gasteiger partial charge in [-0.05, 0) is 49.1 Å². The van der Waals surface area contributed by atoms with Crippen molar-refractivity contribution in [3.8, 4) is 0 Å². The molecular weight excluding hydrogens is 358 g/mol. The summed E-state index contributed by atoms with van der Waals surface area (Å²) in [5.74, 6) is 1.56. The first-order chi connectivity index (χ1) is 12.0. The monoisotopic (exact) mass is 385 g/mol. The summed E-state index contributed by atoms with van der Waals surface area (Å²) < 4.78 is 28.7. The van der Waals surface area contributed by atoms with Gasteiger partial charge < -0.3 is 15.4 Å². The van der Waals surface area contributed by atoms with Crippen molar-refractivity contribution in [2.45, 2.75) is 38.8 Å². The lowest BCUT2D eigenvalue weighted by Gasteiger charge is -2.25. The Morgan fingerprint density at radius 2 is 2.16 bits per heavy atom. The molecule has 1 aromatic rings. The number of rotatable bonds is 5. The molecule has 1 aromatic heterocycles. The van der Waals surface area contributed by atoms with Gasteiger partial charge in [-0.25, -0.2) is 13.4 Å². The van der Waals surface area contributed by atoms with E-state index in [0.717, 1.165) is 38.4 Å². The van der Waals surface area contributed by atoms with Crippen molar-refractivity contribution in [1.29, 1.82) is 0 Å². The smallest absolute Gasteiger partial charge is 0.191 e. The van der Waals surface area contributed by atoms with E-state index < -0.39 is 9.84 Å². The van der Waals surface area contributed by atoms with E-state index in [1.807, 2.05) is 0 Å². The van der Waals surface area contributed by atoms with Crippen LogP contribution in [0.3, 0.4) is 0 Å². The Morgan fingerprint density at radius 3 is 2.80 bits per heavy atom. The van der Waals surface area contributed by atoms with Crippen molar-refractivity contribution in [2.24, 2.45) is 10.9 Å². The molecule has 3 heterocycles. The summed E-state index contributed by atoms with van der Waals surface area (Å²) in [6, 6.07) is 2.47. The SMILES string of the molecule is Cc1ccsc1CN=C(NCC1CCS(=O)(=O)C1)NC1CCOCC1. The van der Waals surface area contributed by atoms with Gasteiger partial charge in [-0.1, -0.05) is 0 Å². The molecule has 2 N–H and O–H groups in total. The maximum Gasteiger partial charge on any atom is 0.191 e. The number of nitrogens with one attached hydrogen (secondary N) is 2. The van der Waals surface area contributed by atoms with Crippen LogP contribution in [0, 0.1) is 12.8 Å². The van der Waals surface area contributed by atoms with Crippen LogP contribution in [-0.4, -0.2) is 51.7 Å². The summed E-state index contributed by atoms with van der Waals surface area (Å²) in [6.07, 6.45) is 2.68. The number of aliphatic imine (C=N–C) groups is 1. The van der Waals surface area contributed by atoms with Gasteiger partial charge in [-0.2, -0.15) is 0 Å². The first kappa shape index (κ1) is 18.7. The Kier molecular flexibility index (Phi) is 6.35. The number of thiophene rings is 1. The molecule has 0 aromatic carbocycles. The minimum absolute atomic E-state index is 0.176. The fourth-order valence-electron chi connectivity index (χ4n) is 3.18. The van der Waals surface area contributed by atoms with Crippen molar-refractivity contribution in [2.75, 3.05) is 31.3 Å². The van der Waals surface area contributed by atoms with E-state index in [9.17, 15) is 8.42 Å². The number of guanidine groups is 1. The van der Waals surface area contributed by atoms with E-state index in [1.54, 1.807) is 11.3 Å². The first-order valence-electron chi connectivity index (χ1n) is 8.88. The lowest BCUT2D eigenvalue weighted by atomic mass is 10.1. The van der Waals surface area contributed by atoms with E-state index in [2.05, 4.69) is 29.0 Å². The maximum atomic E-state index is 11.6. The van der Waals surface area contributed by atoms with Gasteiger partial charge in [0.05, 0.1) is 18.1 Å². The minimum atomic E-state index is -2.84. The largest absolute Gasteiger partial charge is 0.381 e. The van der Waals surface area contributed by atoms with Crippen molar-refractivity contribution in [1.82, 2.24) is 10.6 Å². The van der Waals surface area contributed by atoms with Gasteiger partial charge in [-0.15, -0.1) is 11.3 Å². The highest BCUT2D eigenvalue weighted by molar-refractivity contribution is 7.91. The molecule has 25 heavy (non-hydrogen) atoms. The molecule has 0 spiro atoms. The van der Waals surface area contributed by atoms with Crippen LogP contribution in [0.2, 0.25) is 0 Å². The fourth-order valence-corrected chi connectivity index (χ4v) is 5.87. The molecule has 0 bridgehead atoms. The lowest BCUT2D eigenvalue weighted by molar-refractivity contribution is 0.0822. The molecule has 0 radical (unpaired) electrons. The van der Waals surface area contributed by atoms with Crippen molar-refractivity contribution in [3.05, 3.63) is 21.9 Å². The molecule has 2 saturated heterocycles. The Labute approximate surface area is 154 Å². The topological polar surface area (TPSA) is 79.8 Å². The average Bonchev–Trinajstić information content (AvgIpc) is 3.16. The maximum absolute atomic E-state index is 11.6. The third kappa shape index (κ3) is 5.69. The molecule has 2 aliphatic rings. The minimum Gasteiger partial charge on any atom is -0.381 e. The van der Waals surface area contributed by atoms with Crippen LogP contribution in [0.1, 0.15) is 29.7 Å². The van der Waals surface area contributed by atoms with Gasteiger partial charge in [0.25, 0.3) is 0 Å². The summed E-state index contributed by atoms with van der Waals surface area (Å²) in [7, 11) is -2.84. The summed E-state index contributed by atoms with van der Waals surface area (Å²) in [5, 5.41) is 8.95. The van der Waals surface area contributed by atoms with Gasteiger partial charge in [0.1, 0.15) is 0 Å². The van der Waals surface area contributed by atoms with Crippen molar-refractivity contribution >= 4 is 27.1 Å². The third-order valence-corrected chi connectivity index (χ3v) is 7.64. The molecule has 0 aliphatic carbocycles. The fraction of sp³-hybridized carbons (Fsp3) is 0.706. The highest BCUT2D eigenvalue weighted by atomic mass is 32.2. The van der Waals surface area contributed by atoms with E-state index >= 15 is 0 Å². The molecule has 0 saturated carbocycles. The lowest BCUT2D eigenvalue weighted by Crippen LogP contribution is -2.47. The second kappa shape index (κ2) is 8.51. The van der Waals surface area contributed by atoms with Crippen LogP contribution in [0.4, 0.5) is 0 Å². The quantitative estimate of drug-likeness (QED) is 0.596. The van der Waals surface area contributed by atoms with Crippen LogP contribution < -0.4 is 10.6 Å². The number of sulfone groups is 1. The van der Waals surface area contributed by atoms with Gasteiger partial charge in [-0.3, -0.25) is 0 Å². The zero-order chi connectivity index (χ0) is 17.7. The molecule has 8 heteroatoms. The molecule has 1 unspecified atom stereocenters. The molecule has 3 rings (SSSR count). The molecular formula is C17H27N3O3S2. The van der Waals surface area contributed by atoms with Crippen molar-refractivity contribution < 1.29 is 13.2 Å². The Morgan fingerprint density at radius 1 is 1.36 bits per heavy atom. The summed E-state index contributed by atoms with van der Waals surface area (Å²) in [4.78, 5) is 5.99. The van der Waals surface area contributed by atoms with Gasteiger partial charge in [0.2, 0.25) is 0 Å². The number of hydrogen-bond donors (Lipinski definition) is 2. The van der Waals surface area contributed by atoms with Crippen LogP contribution in [-0.2, 0) is 21.1 Å². The van der Waals surface area contributed by atoms with Crippen LogP contribution in [0.5, 0.6) is 0 Å². The Hall–Kier alpha value is -1.12. The second-order valence-corrected chi connectivity index (χ2v) is 10.1. The standard InChI is InChI=1S/C17H27N3O3S2/c1-13-4-8-24-16(13)11-19-17(20-15-2-6-23-7-3-15)18-10-14-5-9-25(21,22)12-14/h4,8,14-15H,2-3,5-7,9-12H2,1H3,(H2,18,19,20). The predicted octanol–water partition coefficient (Wildman–Crippen LogP) is 1.71. The average molecular weight is 386 g/mol. The zero-order valence-electron chi connectivity index (χ0n) is 14.7. The highest BCUT2D eigenvalue weighted by Crippen LogP contribution is 2.18. The highest BCUT2D eigenvalue weighted by Gasteiger charge is 2.28. The molecule has 6 nitrogen and oxygen atoms in total. The number of nitrogens with zero attached hydrogens (tertiary/aromatic N) is 1. The molecule has 140 valence electrons. The van der Waals surface area contributed by atoms with E-state index in [-0.39, 0.29) is 11.7 Å². The van der Waals surface area contributed by atoms with Crippen LogP contribution >= 0.6 is 11.3 Å². The molecule has 0 amide bonds. The molecule has 1 atom stereocenters. The third-order valence-electron chi connectivity index (χ3n) is 4.80. The van der Waals surface area contributed by atoms with E-state index in [1.165, 1.54) is 10.4 Å². The van der Waals surface area contributed by atoms with Gasteiger partial charge >= 0.3 is 0 Å². The summed E-state index contributed by atoms with van der Waals surface area (Å²) in [5.41, 5.74) is 1.26. The van der Waals surface area contributed by atoms with Crippen LogP contribution in [0.15, 0.2) is 16.4 Å². The van der Waals surface area contributed by atoms with Crippen LogP contribution in [0.25, 0.3) is 0 Å². The zero-order valence-corrected chi connectivity index (χ0v) is 16.3. The van der Waals surface area contributed by atoms with Crippen molar-refractivity contribution in [3.63, 3.8) is 0 Å². The second-order valence-electron chi connectivity index (χ2n) is 6.87. The van der Waals surface area contributed by atoms with E-state index in [0.29, 0.717) is 24.9 Å². The molecule has 2 aliphatic heterocycles. The van der Waals surface area contributed by atoms with Gasteiger partial charge in [0, 0.05) is 30.7 Å². The first-order valence-corrected chi connectivity index (χ1v) is 11.6. The number of aryl methyl sites for hydroxylation is 1. The summed E-state index contributed by atoms with van der Waals surface area (Å²) in [6.45, 7) is 4.94. The number of hydrogen-bond acceptors (Lipinski definition) is 5. The number of ether oxygens (including phenoxy) is 1. The molecule has 2 fully saturated rings. The van der Waals surface area contributed by atoms with E-state index in [4.69, 9.17) is 9.73 Å². The van der Waals surface area contributed by atoms with Gasteiger partial charge in [0.15, 0.2) is 15.8 Å².